The average molecular weight is 342 g/mol. The van der Waals surface area contributed by atoms with Gasteiger partial charge in [-0.1, -0.05) is 11.6 Å². The molecule has 1 heterocycles. The van der Waals surface area contributed by atoms with Crippen molar-refractivity contribution >= 4 is 29.3 Å². The minimum Gasteiger partial charge on any atom is -0.453 e. The summed E-state index contributed by atoms with van der Waals surface area (Å²) < 4.78 is 4.67. The van der Waals surface area contributed by atoms with E-state index < -0.39 is 16.9 Å². The number of nitro benzene ring substituents is 1. The average Bonchev–Trinajstić information content (AvgIpc) is 2.54. The molecule has 1 aromatic rings. The molecule has 1 aliphatic rings. The van der Waals surface area contributed by atoms with Crippen LogP contribution in [0, 0.1) is 10.1 Å². The number of ether oxygens (including phenoxy) is 1. The number of amides is 2. The molecular weight excluding hydrogens is 326 g/mol. The number of likely N-dealkylation sites (tertiary alicyclic amines) is 1. The molecule has 1 aliphatic heterocycles. The molecule has 0 bridgehead atoms. The maximum atomic E-state index is 12.3. The number of halogens is 1. The zero-order valence-corrected chi connectivity index (χ0v) is 13.2. The van der Waals surface area contributed by atoms with E-state index in [0.717, 1.165) is 12.5 Å². The quantitative estimate of drug-likeness (QED) is 0.670. The number of benzene rings is 1. The standard InChI is InChI=1S/C14H16ClN3O5/c1-23-14(20)17-6-2-3-9(8-17)16-13(19)11-7-10(18(21)22)4-5-12(11)15/h4-5,7,9H,2-3,6,8H2,1H3,(H,16,19)/t9-/m0/s1. The molecule has 0 radical (unpaired) electrons. The second kappa shape index (κ2) is 7.28. The molecule has 0 spiro atoms. The van der Waals surface area contributed by atoms with Crippen LogP contribution in [0.4, 0.5) is 10.5 Å². The summed E-state index contributed by atoms with van der Waals surface area (Å²) in [6.45, 7) is 0.890. The summed E-state index contributed by atoms with van der Waals surface area (Å²) in [5, 5.41) is 13.7. The van der Waals surface area contributed by atoms with Crippen LogP contribution >= 0.6 is 11.6 Å². The Morgan fingerprint density at radius 3 is 2.87 bits per heavy atom. The third kappa shape index (κ3) is 4.10. The summed E-state index contributed by atoms with van der Waals surface area (Å²) in [5.74, 6) is -0.504. The monoisotopic (exact) mass is 341 g/mol. The van der Waals surface area contributed by atoms with Crippen LogP contribution in [-0.2, 0) is 4.74 Å². The zero-order chi connectivity index (χ0) is 17.0. The van der Waals surface area contributed by atoms with Gasteiger partial charge in [-0.3, -0.25) is 14.9 Å². The number of nitrogens with zero attached hydrogens (tertiary/aromatic N) is 2. The van der Waals surface area contributed by atoms with Crippen molar-refractivity contribution in [3.8, 4) is 0 Å². The van der Waals surface area contributed by atoms with Gasteiger partial charge in [0.25, 0.3) is 11.6 Å². The van der Waals surface area contributed by atoms with Crippen molar-refractivity contribution in [2.24, 2.45) is 0 Å². The Kier molecular flexibility index (Phi) is 5.38. The smallest absolute Gasteiger partial charge is 0.409 e. The highest BCUT2D eigenvalue weighted by molar-refractivity contribution is 6.33. The van der Waals surface area contributed by atoms with Crippen LogP contribution in [0.3, 0.4) is 0 Å². The molecular formula is C14H16ClN3O5. The highest BCUT2D eigenvalue weighted by atomic mass is 35.5. The number of methoxy groups -OCH3 is 1. The first kappa shape index (κ1) is 17.0. The molecule has 9 heteroatoms. The molecule has 0 aromatic heterocycles. The molecule has 23 heavy (non-hydrogen) atoms. The number of nitro groups is 1. The molecule has 0 unspecified atom stereocenters. The van der Waals surface area contributed by atoms with Crippen molar-refractivity contribution < 1.29 is 19.2 Å². The molecule has 0 aliphatic carbocycles. The molecule has 2 amide bonds. The fourth-order valence-electron chi connectivity index (χ4n) is 2.45. The lowest BCUT2D eigenvalue weighted by Gasteiger charge is -2.32. The fraction of sp³-hybridized carbons (Fsp3) is 0.429. The van der Waals surface area contributed by atoms with Gasteiger partial charge >= 0.3 is 6.09 Å². The Hall–Kier alpha value is -2.35. The highest BCUT2D eigenvalue weighted by Gasteiger charge is 2.26. The Labute approximate surface area is 137 Å². The minimum absolute atomic E-state index is 0.0380. The summed E-state index contributed by atoms with van der Waals surface area (Å²) in [5.41, 5.74) is -0.171. The molecule has 1 fully saturated rings. The minimum atomic E-state index is -0.591. The van der Waals surface area contributed by atoms with E-state index >= 15 is 0 Å². The predicted octanol–water partition coefficient (Wildman–Crippen LogP) is 2.21. The summed E-state index contributed by atoms with van der Waals surface area (Å²) >= 11 is 5.95. The molecule has 8 nitrogen and oxygen atoms in total. The topological polar surface area (TPSA) is 102 Å². The molecule has 1 aromatic carbocycles. The van der Waals surface area contributed by atoms with Crippen molar-refractivity contribution in [1.82, 2.24) is 10.2 Å². The maximum Gasteiger partial charge on any atom is 0.409 e. The van der Waals surface area contributed by atoms with Gasteiger partial charge in [-0.25, -0.2) is 4.79 Å². The first-order chi connectivity index (χ1) is 10.9. The lowest BCUT2D eigenvalue weighted by atomic mass is 10.1. The number of carbonyl (C=O) groups is 2. The Morgan fingerprint density at radius 1 is 1.48 bits per heavy atom. The lowest BCUT2D eigenvalue weighted by molar-refractivity contribution is -0.384. The van der Waals surface area contributed by atoms with E-state index in [0.29, 0.717) is 19.5 Å². The Bertz CT molecular complexity index is 637. The molecule has 0 saturated carbocycles. The van der Waals surface area contributed by atoms with E-state index in [1.165, 1.54) is 24.1 Å². The highest BCUT2D eigenvalue weighted by Crippen LogP contribution is 2.22. The molecule has 1 N–H and O–H groups in total. The Morgan fingerprint density at radius 2 is 2.22 bits per heavy atom. The van der Waals surface area contributed by atoms with E-state index in [1.807, 2.05) is 0 Å². The second-order valence-corrected chi connectivity index (χ2v) is 5.56. The van der Waals surface area contributed by atoms with Gasteiger partial charge in [0.2, 0.25) is 0 Å². The van der Waals surface area contributed by atoms with Crippen LogP contribution in [0.1, 0.15) is 23.2 Å². The van der Waals surface area contributed by atoms with Gasteiger partial charge in [-0.15, -0.1) is 0 Å². The predicted molar refractivity (Wildman–Crippen MR) is 82.6 cm³/mol. The van der Waals surface area contributed by atoms with E-state index in [-0.39, 0.29) is 22.3 Å². The number of non-ortho nitro benzene ring substituents is 1. The zero-order valence-electron chi connectivity index (χ0n) is 12.5. The van der Waals surface area contributed by atoms with Crippen LogP contribution < -0.4 is 5.32 Å². The van der Waals surface area contributed by atoms with Crippen molar-refractivity contribution in [3.05, 3.63) is 38.9 Å². The van der Waals surface area contributed by atoms with Gasteiger partial charge in [0.15, 0.2) is 0 Å². The SMILES string of the molecule is COC(=O)N1CCC[C@H](NC(=O)c2cc([N+](=O)[O-])ccc2Cl)C1. The van der Waals surface area contributed by atoms with E-state index in [2.05, 4.69) is 10.1 Å². The largest absolute Gasteiger partial charge is 0.453 e. The van der Waals surface area contributed by atoms with Gasteiger partial charge in [0, 0.05) is 31.3 Å². The number of rotatable bonds is 3. The first-order valence-corrected chi connectivity index (χ1v) is 7.38. The first-order valence-electron chi connectivity index (χ1n) is 7.00. The summed E-state index contributed by atoms with van der Waals surface area (Å²) in [6.07, 6.45) is 0.978. The fourth-order valence-corrected chi connectivity index (χ4v) is 2.66. The van der Waals surface area contributed by atoms with Crippen LogP contribution in [0.15, 0.2) is 18.2 Å². The normalized spacial score (nSPS) is 17.5. The Balaban J connectivity index is 2.08. The number of carbonyl (C=O) groups excluding carboxylic acids is 2. The third-order valence-electron chi connectivity index (χ3n) is 3.59. The molecule has 124 valence electrons. The van der Waals surface area contributed by atoms with Gasteiger partial charge in [0.05, 0.1) is 22.6 Å². The maximum absolute atomic E-state index is 12.3. The van der Waals surface area contributed by atoms with E-state index in [4.69, 9.17) is 11.6 Å². The van der Waals surface area contributed by atoms with Crippen molar-refractivity contribution in [1.29, 1.82) is 0 Å². The van der Waals surface area contributed by atoms with E-state index in [1.54, 1.807) is 0 Å². The summed E-state index contributed by atoms with van der Waals surface area (Å²) in [4.78, 5) is 35.6. The second-order valence-electron chi connectivity index (χ2n) is 5.15. The number of nitrogens with one attached hydrogen (secondary N) is 1. The van der Waals surface area contributed by atoms with Crippen molar-refractivity contribution in [3.63, 3.8) is 0 Å². The van der Waals surface area contributed by atoms with E-state index in [9.17, 15) is 19.7 Å². The summed E-state index contributed by atoms with van der Waals surface area (Å²) in [7, 11) is 1.30. The van der Waals surface area contributed by atoms with Crippen LogP contribution in [0.2, 0.25) is 5.02 Å². The number of hydrogen-bond donors (Lipinski definition) is 1. The molecule has 1 saturated heterocycles. The molecule has 1 atom stereocenters. The number of piperidine rings is 1. The molecule has 2 rings (SSSR count). The van der Waals surface area contributed by atoms with Gasteiger partial charge in [-0.05, 0) is 18.9 Å². The van der Waals surface area contributed by atoms with Crippen molar-refractivity contribution in [2.75, 3.05) is 20.2 Å². The lowest BCUT2D eigenvalue weighted by Crippen LogP contribution is -2.49. The third-order valence-corrected chi connectivity index (χ3v) is 3.92. The van der Waals surface area contributed by atoms with Crippen LogP contribution in [-0.4, -0.2) is 48.1 Å². The summed E-state index contributed by atoms with van der Waals surface area (Å²) in [6, 6.07) is 3.43. The van der Waals surface area contributed by atoms with Gasteiger partial charge < -0.3 is 15.0 Å². The van der Waals surface area contributed by atoms with Crippen LogP contribution in [0.25, 0.3) is 0 Å². The van der Waals surface area contributed by atoms with Gasteiger partial charge in [0.1, 0.15) is 0 Å². The van der Waals surface area contributed by atoms with Crippen LogP contribution in [0.5, 0.6) is 0 Å². The van der Waals surface area contributed by atoms with Gasteiger partial charge in [-0.2, -0.15) is 0 Å². The number of hydrogen-bond acceptors (Lipinski definition) is 5. The van der Waals surface area contributed by atoms with Crippen molar-refractivity contribution in [2.45, 2.75) is 18.9 Å².